The number of nitro groups is 1. The van der Waals surface area contributed by atoms with Crippen LogP contribution in [0.5, 0.6) is 0 Å². The van der Waals surface area contributed by atoms with E-state index >= 15 is 0 Å². The summed E-state index contributed by atoms with van der Waals surface area (Å²) in [5.41, 5.74) is -1.74. The lowest BCUT2D eigenvalue weighted by molar-refractivity contribution is -0.385. The zero-order valence-corrected chi connectivity index (χ0v) is 11.4. The fraction of sp³-hybridized carbons (Fsp3) is 0.462. The van der Waals surface area contributed by atoms with Crippen LogP contribution in [-0.2, 0) is 11.3 Å². The molecule has 1 N–H and O–H groups in total. The largest absolute Gasteiger partial charge is 0.336 e. The molecule has 1 unspecified atom stereocenters. The van der Waals surface area contributed by atoms with Gasteiger partial charge in [0.25, 0.3) is 11.2 Å². The normalized spacial score (nSPS) is 16.6. The number of carbonyl (C=O) groups excluding carboxylic acids is 1. The number of nitrogens with zero attached hydrogens (tertiary/aromatic N) is 3. The SMILES string of the molecule is CC(C#N)(NC(=O)Cn1cc([N+](=O)[O-])ccc1=O)C1CC1. The molecule has 0 radical (unpaired) electrons. The van der Waals surface area contributed by atoms with Gasteiger partial charge < -0.3 is 5.32 Å². The minimum atomic E-state index is -0.957. The van der Waals surface area contributed by atoms with Gasteiger partial charge >= 0.3 is 0 Å². The summed E-state index contributed by atoms with van der Waals surface area (Å²) in [4.78, 5) is 33.6. The van der Waals surface area contributed by atoms with E-state index in [4.69, 9.17) is 5.26 Å². The lowest BCUT2D eigenvalue weighted by Gasteiger charge is -2.22. The smallest absolute Gasteiger partial charge is 0.285 e. The molecule has 0 saturated heterocycles. The van der Waals surface area contributed by atoms with E-state index in [0.29, 0.717) is 0 Å². The van der Waals surface area contributed by atoms with E-state index in [-0.39, 0.29) is 18.2 Å². The van der Waals surface area contributed by atoms with E-state index in [9.17, 15) is 19.7 Å². The molecule has 8 heteroatoms. The summed E-state index contributed by atoms with van der Waals surface area (Å²) < 4.78 is 0.957. The molecule has 0 bridgehead atoms. The molecule has 1 saturated carbocycles. The highest BCUT2D eigenvalue weighted by Crippen LogP contribution is 2.39. The first-order valence-corrected chi connectivity index (χ1v) is 6.43. The average Bonchev–Trinajstić information content (AvgIpc) is 3.25. The molecule has 0 aliphatic heterocycles. The van der Waals surface area contributed by atoms with E-state index in [0.717, 1.165) is 35.7 Å². The van der Waals surface area contributed by atoms with Crippen LogP contribution in [0.2, 0.25) is 0 Å². The first-order chi connectivity index (χ1) is 9.85. The van der Waals surface area contributed by atoms with Crippen molar-refractivity contribution in [1.82, 2.24) is 9.88 Å². The Morgan fingerprint density at radius 3 is 2.81 bits per heavy atom. The Morgan fingerprint density at radius 1 is 1.62 bits per heavy atom. The van der Waals surface area contributed by atoms with E-state index in [1.807, 2.05) is 0 Å². The number of nitrogens with one attached hydrogen (secondary N) is 1. The molecule has 1 atom stereocenters. The highest BCUT2D eigenvalue weighted by molar-refractivity contribution is 5.77. The van der Waals surface area contributed by atoms with Gasteiger partial charge in [-0.1, -0.05) is 0 Å². The van der Waals surface area contributed by atoms with Crippen molar-refractivity contribution in [3.05, 3.63) is 38.8 Å². The number of amides is 1. The molecule has 0 spiro atoms. The molecular weight excluding hydrogens is 276 g/mol. The van der Waals surface area contributed by atoms with E-state index in [2.05, 4.69) is 11.4 Å². The van der Waals surface area contributed by atoms with Gasteiger partial charge in [0.05, 0.1) is 17.2 Å². The molecule has 8 nitrogen and oxygen atoms in total. The second kappa shape index (κ2) is 5.36. The van der Waals surface area contributed by atoms with Crippen molar-refractivity contribution in [2.75, 3.05) is 0 Å². The minimum Gasteiger partial charge on any atom is -0.336 e. The third kappa shape index (κ3) is 3.25. The van der Waals surface area contributed by atoms with E-state index < -0.39 is 21.9 Å². The van der Waals surface area contributed by atoms with Crippen LogP contribution in [0.15, 0.2) is 23.1 Å². The van der Waals surface area contributed by atoms with Crippen LogP contribution in [0.4, 0.5) is 5.69 Å². The lowest BCUT2D eigenvalue weighted by atomic mass is 9.98. The maximum absolute atomic E-state index is 12.0. The molecule has 1 heterocycles. The maximum atomic E-state index is 12.0. The molecule has 0 aromatic carbocycles. The molecule has 1 aromatic rings. The third-order valence-electron chi connectivity index (χ3n) is 3.52. The summed E-state index contributed by atoms with van der Waals surface area (Å²) in [6.45, 7) is 1.28. The topological polar surface area (TPSA) is 118 Å². The Hall–Kier alpha value is -2.69. The van der Waals surface area contributed by atoms with Gasteiger partial charge in [0.15, 0.2) is 0 Å². The highest BCUT2D eigenvalue weighted by Gasteiger charge is 2.43. The molecule has 21 heavy (non-hydrogen) atoms. The number of hydrogen-bond donors (Lipinski definition) is 1. The van der Waals surface area contributed by atoms with Crippen LogP contribution in [0.1, 0.15) is 19.8 Å². The van der Waals surface area contributed by atoms with Crippen molar-refractivity contribution >= 4 is 11.6 Å². The number of carbonyl (C=O) groups is 1. The molecule has 1 amide bonds. The van der Waals surface area contributed by atoms with Crippen LogP contribution in [0.3, 0.4) is 0 Å². The van der Waals surface area contributed by atoms with Crippen LogP contribution in [-0.4, -0.2) is 20.9 Å². The van der Waals surface area contributed by atoms with Crippen LogP contribution in [0, 0.1) is 27.4 Å². The number of pyridine rings is 1. The molecule has 1 aliphatic rings. The summed E-state index contributed by atoms with van der Waals surface area (Å²) in [6, 6.07) is 4.19. The fourth-order valence-electron chi connectivity index (χ4n) is 2.12. The predicted molar refractivity (Wildman–Crippen MR) is 72.2 cm³/mol. The van der Waals surface area contributed by atoms with Crippen molar-refractivity contribution < 1.29 is 9.72 Å². The van der Waals surface area contributed by atoms with Gasteiger partial charge in [0.1, 0.15) is 12.1 Å². The number of nitriles is 1. The van der Waals surface area contributed by atoms with Crippen molar-refractivity contribution in [3.63, 3.8) is 0 Å². The first kappa shape index (κ1) is 14.7. The maximum Gasteiger partial charge on any atom is 0.285 e. The van der Waals surface area contributed by atoms with Crippen LogP contribution >= 0.6 is 0 Å². The summed E-state index contributed by atoms with van der Waals surface area (Å²) in [7, 11) is 0. The minimum absolute atomic E-state index is 0.119. The Labute approximate surface area is 120 Å². The number of rotatable bonds is 5. The van der Waals surface area contributed by atoms with Crippen molar-refractivity contribution in [2.24, 2.45) is 5.92 Å². The highest BCUT2D eigenvalue weighted by atomic mass is 16.6. The second-order valence-corrected chi connectivity index (χ2v) is 5.25. The van der Waals surface area contributed by atoms with Crippen LogP contribution in [0.25, 0.3) is 0 Å². The zero-order chi connectivity index (χ0) is 15.6. The quantitative estimate of drug-likeness (QED) is 0.628. The van der Waals surface area contributed by atoms with Gasteiger partial charge in [-0.25, -0.2) is 0 Å². The molecular formula is C13H14N4O4. The summed E-state index contributed by atoms with van der Waals surface area (Å²) in [5.74, 6) is -0.401. The molecule has 1 aromatic heterocycles. The van der Waals surface area contributed by atoms with Gasteiger partial charge in [0, 0.05) is 12.1 Å². The van der Waals surface area contributed by atoms with Gasteiger partial charge in [0.2, 0.25) is 5.91 Å². The lowest BCUT2D eigenvalue weighted by Crippen LogP contribution is -2.48. The second-order valence-electron chi connectivity index (χ2n) is 5.25. The average molecular weight is 290 g/mol. The number of aromatic nitrogens is 1. The third-order valence-corrected chi connectivity index (χ3v) is 3.52. The molecule has 110 valence electrons. The van der Waals surface area contributed by atoms with E-state index in [1.54, 1.807) is 6.92 Å². The van der Waals surface area contributed by atoms with Crippen LogP contribution < -0.4 is 10.9 Å². The van der Waals surface area contributed by atoms with Gasteiger partial charge in [-0.2, -0.15) is 5.26 Å². The van der Waals surface area contributed by atoms with Gasteiger partial charge in [-0.3, -0.25) is 24.3 Å². The molecule has 1 aliphatic carbocycles. The standard InChI is InChI=1S/C13H14N4O4/c1-13(8-14,9-2-3-9)15-11(18)7-16-6-10(17(20)21)4-5-12(16)19/h4-6,9H,2-3,7H2,1H3,(H,15,18). The fourth-order valence-corrected chi connectivity index (χ4v) is 2.12. The monoisotopic (exact) mass is 290 g/mol. The first-order valence-electron chi connectivity index (χ1n) is 6.43. The van der Waals surface area contributed by atoms with Gasteiger partial charge in [-0.15, -0.1) is 0 Å². The van der Waals surface area contributed by atoms with Crippen molar-refractivity contribution in [1.29, 1.82) is 5.26 Å². The van der Waals surface area contributed by atoms with Crippen molar-refractivity contribution in [3.8, 4) is 6.07 Å². The Morgan fingerprint density at radius 2 is 2.29 bits per heavy atom. The Bertz CT molecular complexity index is 686. The Kier molecular flexibility index (Phi) is 3.76. The summed E-state index contributed by atoms with van der Waals surface area (Å²) in [5, 5.41) is 22.4. The zero-order valence-electron chi connectivity index (χ0n) is 11.4. The summed E-state index contributed by atoms with van der Waals surface area (Å²) >= 11 is 0. The predicted octanol–water partition coefficient (Wildman–Crippen LogP) is 0.565. The summed E-state index contributed by atoms with van der Waals surface area (Å²) in [6.07, 6.45) is 2.77. The Balaban J connectivity index is 2.13. The molecule has 2 rings (SSSR count). The van der Waals surface area contributed by atoms with Gasteiger partial charge in [-0.05, 0) is 25.7 Å². The van der Waals surface area contributed by atoms with Crippen molar-refractivity contribution in [2.45, 2.75) is 31.8 Å². The number of hydrogen-bond acceptors (Lipinski definition) is 5. The molecule has 1 fully saturated rings. The van der Waals surface area contributed by atoms with E-state index in [1.165, 1.54) is 0 Å².